The van der Waals surface area contributed by atoms with Gasteiger partial charge in [0.1, 0.15) is 17.0 Å². The van der Waals surface area contributed by atoms with E-state index in [0.29, 0.717) is 0 Å². The molecule has 0 radical (unpaired) electrons. The van der Waals surface area contributed by atoms with Crippen LogP contribution in [-0.2, 0) is 4.74 Å². The number of fused-ring (bicyclic) bond motifs is 1. The van der Waals surface area contributed by atoms with E-state index < -0.39 is 0 Å². The fraction of sp³-hybridized carbons (Fsp3) is 0.400. The van der Waals surface area contributed by atoms with E-state index in [4.69, 9.17) is 4.74 Å². The first-order chi connectivity index (χ1) is 12.0. The third kappa shape index (κ3) is 3.02. The normalized spacial score (nSPS) is 21.0. The van der Waals surface area contributed by atoms with Crippen LogP contribution in [0.25, 0.3) is 21.3 Å². The highest BCUT2D eigenvalue weighted by Crippen LogP contribution is 2.39. The first-order valence-electron chi connectivity index (χ1n) is 8.73. The van der Waals surface area contributed by atoms with Gasteiger partial charge < -0.3 is 9.64 Å². The molecule has 4 nitrogen and oxygen atoms in total. The lowest BCUT2D eigenvalue weighted by atomic mass is 10.0. The topological polar surface area (TPSA) is 38.2 Å². The maximum Gasteiger partial charge on any atom is 0.141 e. The van der Waals surface area contributed by atoms with E-state index >= 15 is 0 Å². The molecule has 1 saturated heterocycles. The van der Waals surface area contributed by atoms with Crippen molar-refractivity contribution in [2.45, 2.75) is 39.9 Å². The molecule has 4 rings (SSSR count). The Morgan fingerprint density at radius 1 is 1.08 bits per heavy atom. The Balaban J connectivity index is 1.86. The predicted molar refractivity (Wildman–Crippen MR) is 105 cm³/mol. The van der Waals surface area contributed by atoms with Crippen LogP contribution in [0.3, 0.4) is 0 Å². The molecule has 2 aromatic heterocycles. The molecule has 130 valence electrons. The van der Waals surface area contributed by atoms with Crippen molar-refractivity contribution in [1.29, 1.82) is 0 Å². The maximum atomic E-state index is 5.89. The van der Waals surface area contributed by atoms with Crippen LogP contribution in [0, 0.1) is 13.8 Å². The van der Waals surface area contributed by atoms with E-state index in [1.165, 1.54) is 22.3 Å². The van der Waals surface area contributed by atoms with E-state index in [2.05, 4.69) is 66.1 Å². The second-order valence-corrected chi connectivity index (χ2v) is 7.85. The molecule has 0 spiro atoms. The lowest BCUT2D eigenvalue weighted by Crippen LogP contribution is -2.45. The number of hydrogen-bond acceptors (Lipinski definition) is 5. The summed E-state index contributed by atoms with van der Waals surface area (Å²) in [5.74, 6) is 1.03. The van der Waals surface area contributed by atoms with Crippen LogP contribution < -0.4 is 4.90 Å². The Bertz CT molecular complexity index is 910. The van der Waals surface area contributed by atoms with E-state index in [-0.39, 0.29) is 12.2 Å². The van der Waals surface area contributed by atoms with Crippen LogP contribution in [0.1, 0.15) is 25.0 Å². The summed E-state index contributed by atoms with van der Waals surface area (Å²) in [5.41, 5.74) is 5.09. The summed E-state index contributed by atoms with van der Waals surface area (Å²) in [6.07, 6.45) is 2.10. The minimum absolute atomic E-state index is 0.206. The molecule has 1 fully saturated rings. The predicted octanol–water partition coefficient (Wildman–Crippen LogP) is 4.59. The summed E-state index contributed by atoms with van der Waals surface area (Å²) in [6, 6.07) is 6.65. The van der Waals surface area contributed by atoms with E-state index in [1.54, 1.807) is 17.7 Å². The number of thiophene rings is 1. The number of benzene rings is 1. The minimum Gasteiger partial charge on any atom is -0.372 e. The van der Waals surface area contributed by atoms with Crippen molar-refractivity contribution in [3.63, 3.8) is 0 Å². The van der Waals surface area contributed by atoms with Gasteiger partial charge >= 0.3 is 0 Å². The number of hydrogen-bond donors (Lipinski definition) is 0. The number of nitrogens with zero attached hydrogens (tertiary/aromatic N) is 3. The standard InChI is InChI=1S/C20H23N3OS/c1-12-5-6-16(7-13(12)2)17-10-25-20-18(17)19(21-11-22-20)23-8-14(3)24-15(4)9-23/h5-7,10-11,14-15H,8-9H2,1-4H3. The molecule has 25 heavy (non-hydrogen) atoms. The fourth-order valence-corrected chi connectivity index (χ4v) is 4.48. The van der Waals surface area contributed by atoms with E-state index in [9.17, 15) is 0 Å². The molecule has 2 unspecified atom stereocenters. The van der Waals surface area contributed by atoms with Gasteiger partial charge in [-0.1, -0.05) is 18.2 Å². The first kappa shape index (κ1) is 16.5. The molecular formula is C20H23N3OS. The summed E-state index contributed by atoms with van der Waals surface area (Å²) < 4.78 is 5.89. The van der Waals surface area contributed by atoms with Gasteiger partial charge in [-0.25, -0.2) is 9.97 Å². The highest BCUT2D eigenvalue weighted by molar-refractivity contribution is 7.17. The van der Waals surface area contributed by atoms with Crippen molar-refractivity contribution >= 4 is 27.4 Å². The third-order valence-corrected chi connectivity index (χ3v) is 5.77. The SMILES string of the molecule is Cc1ccc(-c2csc3ncnc(N4CC(C)OC(C)C4)c23)cc1C. The van der Waals surface area contributed by atoms with Crippen LogP contribution >= 0.6 is 11.3 Å². The highest BCUT2D eigenvalue weighted by atomic mass is 32.1. The Hall–Kier alpha value is -1.98. The zero-order valence-electron chi connectivity index (χ0n) is 15.1. The Labute approximate surface area is 152 Å². The number of aromatic nitrogens is 2. The molecule has 3 heterocycles. The number of anilines is 1. The van der Waals surface area contributed by atoms with Crippen molar-refractivity contribution < 1.29 is 4.74 Å². The largest absolute Gasteiger partial charge is 0.372 e. The van der Waals surface area contributed by atoms with E-state index in [1.807, 2.05) is 0 Å². The molecule has 0 aliphatic carbocycles. The van der Waals surface area contributed by atoms with Crippen LogP contribution in [0.4, 0.5) is 5.82 Å². The average Bonchev–Trinajstić information content (AvgIpc) is 3.00. The summed E-state index contributed by atoms with van der Waals surface area (Å²) in [7, 11) is 0. The van der Waals surface area contributed by atoms with Gasteiger partial charge in [0.25, 0.3) is 0 Å². The quantitative estimate of drug-likeness (QED) is 0.675. The summed E-state index contributed by atoms with van der Waals surface area (Å²) in [6.45, 7) is 10.3. The van der Waals surface area contributed by atoms with Crippen LogP contribution in [-0.4, -0.2) is 35.3 Å². The zero-order valence-corrected chi connectivity index (χ0v) is 15.9. The Morgan fingerprint density at radius 2 is 1.84 bits per heavy atom. The van der Waals surface area contributed by atoms with Crippen molar-refractivity contribution in [3.05, 3.63) is 41.0 Å². The molecule has 1 aliphatic heterocycles. The lowest BCUT2D eigenvalue weighted by molar-refractivity contribution is -0.00537. The average molecular weight is 353 g/mol. The zero-order chi connectivity index (χ0) is 17.6. The minimum atomic E-state index is 0.206. The van der Waals surface area contributed by atoms with Crippen molar-refractivity contribution in [3.8, 4) is 11.1 Å². The van der Waals surface area contributed by atoms with Crippen LogP contribution in [0.5, 0.6) is 0 Å². The first-order valence-corrected chi connectivity index (χ1v) is 9.61. The highest BCUT2D eigenvalue weighted by Gasteiger charge is 2.26. The molecule has 0 amide bonds. The number of aryl methyl sites for hydroxylation is 2. The lowest BCUT2D eigenvalue weighted by Gasteiger charge is -2.36. The van der Waals surface area contributed by atoms with Crippen LogP contribution in [0.2, 0.25) is 0 Å². The van der Waals surface area contributed by atoms with Gasteiger partial charge in [0.15, 0.2) is 0 Å². The molecule has 0 N–H and O–H groups in total. The van der Waals surface area contributed by atoms with Crippen LogP contribution in [0.15, 0.2) is 29.9 Å². The van der Waals surface area contributed by atoms with E-state index in [0.717, 1.165) is 29.1 Å². The monoisotopic (exact) mass is 353 g/mol. The van der Waals surface area contributed by atoms with Gasteiger partial charge in [0.2, 0.25) is 0 Å². The molecule has 1 aromatic carbocycles. The number of rotatable bonds is 2. The van der Waals surface area contributed by atoms with Gasteiger partial charge in [0, 0.05) is 24.0 Å². The van der Waals surface area contributed by atoms with Gasteiger partial charge in [0.05, 0.1) is 17.6 Å². The van der Waals surface area contributed by atoms with Gasteiger partial charge in [-0.2, -0.15) is 0 Å². The molecule has 0 bridgehead atoms. The number of morpholine rings is 1. The number of ether oxygens (including phenoxy) is 1. The summed E-state index contributed by atoms with van der Waals surface area (Å²) in [4.78, 5) is 12.6. The molecule has 5 heteroatoms. The molecule has 0 saturated carbocycles. The fourth-order valence-electron chi connectivity index (χ4n) is 3.57. The van der Waals surface area contributed by atoms with Crippen molar-refractivity contribution in [2.75, 3.05) is 18.0 Å². The summed E-state index contributed by atoms with van der Waals surface area (Å²) in [5, 5.41) is 3.37. The van der Waals surface area contributed by atoms with Gasteiger partial charge in [-0.15, -0.1) is 11.3 Å². The van der Waals surface area contributed by atoms with Gasteiger partial charge in [-0.3, -0.25) is 0 Å². The molecule has 3 aromatic rings. The Morgan fingerprint density at radius 3 is 2.56 bits per heavy atom. The molecule has 1 aliphatic rings. The third-order valence-electron chi connectivity index (χ3n) is 4.89. The van der Waals surface area contributed by atoms with Crippen molar-refractivity contribution in [2.24, 2.45) is 0 Å². The molecular weight excluding hydrogens is 330 g/mol. The second-order valence-electron chi connectivity index (χ2n) is 6.99. The maximum absolute atomic E-state index is 5.89. The Kier molecular flexibility index (Phi) is 4.21. The molecule has 2 atom stereocenters. The van der Waals surface area contributed by atoms with Crippen molar-refractivity contribution in [1.82, 2.24) is 9.97 Å². The smallest absolute Gasteiger partial charge is 0.141 e. The second kappa shape index (κ2) is 6.39. The summed E-state index contributed by atoms with van der Waals surface area (Å²) >= 11 is 1.69. The van der Waals surface area contributed by atoms with Gasteiger partial charge in [-0.05, 0) is 44.4 Å².